The highest BCUT2D eigenvalue weighted by Gasteiger charge is 2.16. The van der Waals surface area contributed by atoms with E-state index in [1.54, 1.807) is 4.57 Å². The van der Waals surface area contributed by atoms with Crippen LogP contribution in [0, 0.1) is 12.7 Å². The highest BCUT2D eigenvalue weighted by molar-refractivity contribution is 7.99. The molecule has 2 amide bonds. The van der Waals surface area contributed by atoms with Gasteiger partial charge in [-0.2, -0.15) is 0 Å². The van der Waals surface area contributed by atoms with Crippen molar-refractivity contribution in [2.24, 2.45) is 0 Å². The molecule has 0 fully saturated rings. The molecule has 0 saturated carbocycles. The number of nitrogens with one attached hydrogen (secondary N) is 2. The summed E-state index contributed by atoms with van der Waals surface area (Å²) in [6.45, 7) is 4.41. The summed E-state index contributed by atoms with van der Waals surface area (Å²) in [5, 5.41) is 14.4. The van der Waals surface area contributed by atoms with E-state index in [0.29, 0.717) is 23.2 Å². The van der Waals surface area contributed by atoms with Gasteiger partial charge < -0.3 is 15.2 Å². The lowest BCUT2D eigenvalue weighted by molar-refractivity contribution is -0.116. The summed E-state index contributed by atoms with van der Waals surface area (Å²) in [6, 6.07) is 13.1. The number of aromatic nitrogens is 3. The summed E-state index contributed by atoms with van der Waals surface area (Å²) in [4.78, 5) is 24.6. The fourth-order valence-corrected chi connectivity index (χ4v) is 3.61. The first kappa shape index (κ1) is 21.5. The van der Waals surface area contributed by atoms with Crippen molar-refractivity contribution in [1.82, 2.24) is 14.8 Å². The van der Waals surface area contributed by atoms with E-state index < -0.39 is 0 Å². The van der Waals surface area contributed by atoms with Crippen LogP contribution in [0.4, 0.5) is 15.8 Å². The zero-order chi connectivity index (χ0) is 21.5. The van der Waals surface area contributed by atoms with Crippen LogP contribution in [0.3, 0.4) is 0 Å². The number of carbonyl (C=O) groups excluding carboxylic acids is 2. The van der Waals surface area contributed by atoms with Gasteiger partial charge in [-0.05, 0) is 49.7 Å². The van der Waals surface area contributed by atoms with Crippen LogP contribution >= 0.6 is 11.8 Å². The van der Waals surface area contributed by atoms with Gasteiger partial charge in [0, 0.05) is 17.9 Å². The summed E-state index contributed by atoms with van der Waals surface area (Å²) in [6.07, 6.45) is 0.0220. The van der Waals surface area contributed by atoms with Crippen LogP contribution in [0.2, 0.25) is 0 Å². The maximum Gasteiger partial charge on any atom is 0.234 e. The fraction of sp³-hybridized carbons (Fsp3) is 0.238. The van der Waals surface area contributed by atoms with Crippen LogP contribution in [-0.2, 0) is 22.6 Å². The molecule has 0 atom stereocenters. The Morgan fingerprint density at radius 1 is 1.03 bits per heavy atom. The number of anilines is 2. The van der Waals surface area contributed by atoms with Gasteiger partial charge in [0.05, 0.1) is 12.2 Å². The van der Waals surface area contributed by atoms with Crippen LogP contribution in [0.25, 0.3) is 0 Å². The van der Waals surface area contributed by atoms with Gasteiger partial charge in [0.1, 0.15) is 11.6 Å². The van der Waals surface area contributed by atoms with E-state index in [1.165, 1.54) is 36.0 Å². The molecule has 0 aliphatic rings. The van der Waals surface area contributed by atoms with Crippen molar-refractivity contribution < 1.29 is 14.0 Å². The minimum absolute atomic E-state index is 0.0220. The van der Waals surface area contributed by atoms with E-state index in [-0.39, 0.29) is 29.8 Å². The van der Waals surface area contributed by atoms with Gasteiger partial charge >= 0.3 is 0 Å². The molecule has 0 unspecified atom stereocenters. The Hall–Kier alpha value is -3.20. The predicted molar refractivity (Wildman–Crippen MR) is 115 cm³/mol. The van der Waals surface area contributed by atoms with Crippen LogP contribution in [-0.4, -0.2) is 32.3 Å². The Kier molecular flexibility index (Phi) is 7.18. The van der Waals surface area contributed by atoms with E-state index in [0.717, 1.165) is 11.3 Å². The predicted octanol–water partition coefficient (Wildman–Crippen LogP) is 3.66. The number of aryl methyl sites for hydroxylation is 1. The number of thioether (sulfide) groups is 1. The molecule has 0 spiro atoms. The van der Waals surface area contributed by atoms with E-state index >= 15 is 0 Å². The van der Waals surface area contributed by atoms with Gasteiger partial charge in [-0.15, -0.1) is 10.2 Å². The first-order chi connectivity index (χ1) is 14.5. The van der Waals surface area contributed by atoms with Crippen molar-refractivity contribution in [3.63, 3.8) is 0 Å². The Balaban J connectivity index is 1.58. The van der Waals surface area contributed by atoms with Crippen LogP contribution in [0.1, 0.15) is 18.3 Å². The van der Waals surface area contributed by atoms with Crippen molar-refractivity contribution in [3.8, 4) is 0 Å². The second-order valence-corrected chi connectivity index (χ2v) is 7.47. The normalized spacial score (nSPS) is 10.6. The zero-order valence-corrected chi connectivity index (χ0v) is 17.5. The van der Waals surface area contributed by atoms with E-state index in [4.69, 9.17) is 0 Å². The summed E-state index contributed by atoms with van der Waals surface area (Å²) in [7, 11) is 0. The Morgan fingerprint density at radius 2 is 1.77 bits per heavy atom. The number of para-hydroxylation sites is 1. The fourth-order valence-electron chi connectivity index (χ4n) is 2.79. The third-order valence-electron chi connectivity index (χ3n) is 4.31. The number of nitrogens with zero attached hydrogens (tertiary/aromatic N) is 3. The van der Waals surface area contributed by atoms with E-state index in [9.17, 15) is 14.0 Å². The second kappa shape index (κ2) is 10.0. The molecule has 1 aromatic heterocycles. The highest BCUT2D eigenvalue weighted by Crippen LogP contribution is 2.19. The first-order valence-corrected chi connectivity index (χ1v) is 10.4. The maximum absolute atomic E-state index is 13.0. The van der Waals surface area contributed by atoms with Gasteiger partial charge in [0.25, 0.3) is 0 Å². The highest BCUT2D eigenvalue weighted by atomic mass is 32.2. The quantitative estimate of drug-likeness (QED) is 0.536. The van der Waals surface area contributed by atoms with Crippen molar-refractivity contribution in [2.45, 2.75) is 32.0 Å². The molecule has 2 N–H and O–H groups in total. The average molecular weight is 428 g/mol. The molecule has 0 aliphatic carbocycles. The largest absolute Gasteiger partial charge is 0.326 e. The van der Waals surface area contributed by atoms with Gasteiger partial charge in [-0.1, -0.05) is 30.0 Å². The molecule has 7 nitrogen and oxygen atoms in total. The third kappa shape index (κ3) is 5.66. The van der Waals surface area contributed by atoms with Crippen molar-refractivity contribution in [2.75, 3.05) is 16.4 Å². The van der Waals surface area contributed by atoms with E-state index in [2.05, 4.69) is 20.8 Å². The number of hydrogen-bond acceptors (Lipinski definition) is 5. The number of amides is 2. The number of halogens is 1. The third-order valence-corrected chi connectivity index (χ3v) is 5.27. The molecule has 156 valence electrons. The minimum Gasteiger partial charge on any atom is -0.326 e. The molecule has 3 rings (SSSR count). The van der Waals surface area contributed by atoms with Gasteiger partial charge in [-0.3, -0.25) is 9.59 Å². The molecule has 1 heterocycles. The first-order valence-electron chi connectivity index (χ1n) is 9.42. The van der Waals surface area contributed by atoms with Crippen LogP contribution < -0.4 is 10.6 Å². The number of rotatable bonds is 8. The van der Waals surface area contributed by atoms with Crippen LogP contribution in [0.15, 0.2) is 53.7 Å². The molecule has 0 saturated heterocycles. The maximum atomic E-state index is 13.0. The molecule has 0 bridgehead atoms. The molecular weight excluding hydrogens is 405 g/mol. The Morgan fingerprint density at radius 3 is 2.47 bits per heavy atom. The summed E-state index contributed by atoms with van der Waals surface area (Å²) in [5.74, 6) is -0.118. The van der Waals surface area contributed by atoms with Crippen molar-refractivity contribution >= 4 is 35.0 Å². The summed E-state index contributed by atoms with van der Waals surface area (Å²) in [5.41, 5.74) is 2.27. The zero-order valence-electron chi connectivity index (χ0n) is 16.7. The number of hydrogen-bond donors (Lipinski definition) is 2. The monoisotopic (exact) mass is 427 g/mol. The molecule has 2 aromatic carbocycles. The lowest BCUT2D eigenvalue weighted by atomic mass is 10.2. The molecule has 0 aliphatic heterocycles. The van der Waals surface area contributed by atoms with Crippen molar-refractivity contribution in [1.29, 1.82) is 0 Å². The minimum atomic E-state index is -0.369. The topological polar surface area (TPSA) is 88.9 Å². The lowest BCUT2D eigenvalue weighted by Crippen LogP contribution is -2.18. The Bertz CT molecular complexity index is 1040. The lowest BCUT2D eigenvalue weighted by Gasteiger charge is -2.09. The summed E-state index contributed by atoms with van der Waals surface area (Å²) >= 11 is 1.26. The summed E-state index contributed by atoms with van der Waals surface area (Å²) < 4.78 is 14.8. The molecule has 30 heavy (non-hydrogen) atoms. The van der Waals surface area contributed by atoms with Crippen LogP contribution in [0.5, 0.6) is 0 Å². The smallest absolute Gasteiger partial charge is 0.234 e. The van der Waals surface area contributed by atoms with Gasteiger partial charge in [0.15, 0.2) is 5.16 Å². The standard InChI is InChI=1S/C21H22FN5O2S/c1-3-27-18(12-19(28)23-16-10-8-15(22)9-11-16)25-26-21(27)30-13-20(29)24-17-7-5-4-6-14(17)2/h4-11H,3,12-13H2,1-2H3,(H,23,28)(H,24,29). The molecular formula is C21H22FN5O2S. The SMILES string of the molecule is CCn1c(CC(=O)Nc2ccc(F)cc2)nnc1SCC(=O)Nc1ccccc1C. The molecule has 3 aromatic rings. The van der Waals surface area contributed by atoms with Gasteiger partial charge in [-0.25, -0.2) is 4.39 Å². The van der Waals surface area contributed by atoms with Gasteiger partial charge in [0.2, 0.25) is 11.8 Å². The van der Waals surface area contributed by atoms with Crippen molar-refractivity contribution in [3.05, 3.63) is 65.7 Å². The Labute approximate surface area is 178 Å². The average Bonchev–Trinajstić information content (AvgIpc) is 3.11. The van der Waals surface area contributed by atoms with E-state index in [1.807, 2.05) is 38.1 Å². The second-order valence-electron chi connectivity index (χ2n) is 6.53. The number of benzene rings is 2. The molecule has 0 radical (unpaired) electrons. The number of carbonyl (C=O) groups is 2. The molecule has 9 heteroatoms.